The van der Waals surface area contributed by atoms with Crippen LogP contribution in [0.1, 0.15) is 53.4 Å². The average molecular weight is 796 g/mol. The summed E-state index contributed by atoms with van der Waals surface area (Å²) < 4.78 is 3.63. The maximum atomic E-state index is 11.4. The SMILES string of the molecule is CCC[N+](C)(C)CC(O)CN(CCN(CCN(CC(O)C[N+](C)(C)CCC)CC(O)C[N+](C)(C)CCC)CC(O)C[N+](C)(C)C)CC(O)C[N+](C)(C)CCC. The predicted molar refractivity (Wildman–Crippen MR) is 231 cm³/mol. The number of quaternary nitrogens is 5. The van der Waals surface area contributed by atoms with E-state index in [1.807, 2.05) is 0 Å². The van der Waals surface area contributed by atoms with Gasteiger partial charge in [-0.1, -0.05) is 27.7 Å². The van der Waals surface area contributed by atoms with Crippen molar-refractivity contribution in [2.45, 2.75) is 83.9 Å². The molecular formula is C42H99N8O5+5. The van der Waals surface area contributed by atoms with E-state index < -0.39 is 30.5 Å². The van der Waals surface area contributed by atoms with E-state index in [0.29, 0.717) is 96.1 Å². The zero-order valence-electron chi connectivity index (χ0n) is 39.3. The van der Waals surface area contributed by atoms with Crippen molar-refractivity contribution < 1.29 is 47.9 Å². The lowest BCUT2D eigenvalue weighted by Gasteiger charge is -2.37. The lowest BCUT2D eigenvalue weighted by Crippen LogP contribution is -2.54. The maximum absolute atomic E-state index is 11.4. The topological polar surface area (TPSA) is 111 Å². The first kappa shape index (κ1) is 54.5. The molecule has 55 heavy (non-hydrogen) atoms. The van der Waals surface area contributed by atoms with E-state index in [4.69, 9.17) is 0 Å². The first-order valence-corrected chi connectivity index (χ1v) is 21.8. The van der Waals surface area contributed by atoms with Crippen molar-refractivity contribution in [2.24, 2.45) is 0 Å². The second-order valence-corrected chi connectivity index (χ2v) is 20.9. The summed E-state index contributed by atoms with van der Waals surface area (Å²) in [7, 11) is 23.6. The van der Waals surface area contributed by atoms with Crippen molar-refractivity contribution in [1.29, 1.82) is 0 Å². The molecule has 0 spiro atoms. The van der Waals surface area contributed by atoms with Crippen LogP contribution >= 0.6 is 0 Å². The monoisotopic (exact) mass is 796 g/mol. The third-order valence-corrected chi connectivity index (χ3v) is 10.7. The van der Waals surface area contributed by atoms with E-state index in [2.05, 4.69) is 120 Å². The van der Waals surface area contributed by atoms with Gasteiger partial charge in [0.05, 0.1) is 104 Å². The summed E-state index contributed by atoms with van der Waals surface area (Å²) in [6.45, 7) is 20.8. The highest BCUT2D eigenvalue weighted by Crippen LogP contribution is 2.11. The van der Waals surface area contributed by atoms with Gasteiger partial charge in [0.25, 0.3) is 0 Å². The summed E-state index contributed by atoms with van der Waals surface area (Å²) in [5.41, 5.74) is 0. The van der Waals surface area contributed by atoms with Crippen LogP contribution < -0.4 is 0 Å². The molecule has 0 rings (SSSR count). The Bertz CT molecular complexity index is 860. The second kappa shape index (κ2) is 25.9. The fraction of sp³-hybridized carbons (Fsp3) is 1.00. The van der Waals surface area contributed by atoms with Crippen LogP contribution in [0.3, 0.4) is 0 Å². The normalized spacial score (nSPS) is 16.6. The van der Waals surface area contributed by atoms with Gasteiger partial charge in [-0.15, -0.1) is 0 Å². The molecular weight excluding hydrogens is 697 g/mol. The van der Waals surface area contributed by atoms with Crippen molar-refractivity contribution in [3.63, 3.8) is 0 Å². The van der Waals surface area contributed by atoms with Crippen molar-refractivity contribution in [2.75, 3.05) is 195 Å². The molecule has 0 fully saturated rings. The van der Waals surface area contributed by atoms with Gasteiger partial charge in [0.15, 0.2) is 0 Å². The van der Waals surface area contributed by atoms with E-state index in [1.165, 1.54) is 0 Å². The minimum absolute atomic E-state index is 0.473. The van der Waals surface area contributed by atoms with Crippen LogP contribution in [0.2, 0.25) is 0 Å². The van der Waals surface area contributed by atoms with Crippen molar-refractivity contribution >= 4 is 0 Å². The van der Waals surface area contributed by atoms with Gasteiger partial charge in [0.1, 0.15) is 63.2 Å². The third kappa shape index (κ3) is 28.5. The van der Waals surface area contributed by atoms with Gasteiger partial charge in [0, 0.05) is 58.9 Å². The van der Waals surface area contributed by atoms with E-state index >= 15 is 0 Å². The molecule has 0 aliphatic heterocycles. The Morgan fingerprint density at radius 1 is 0.327 bits per heavy atom. The van der Waals surface area contributed by atoms with Crippen LogP contribution in [0, 0.1) is 0 Å². The molecule has 0 amide bonds. The first-order chi connectivity index (χ1) is 25.2. The van der Waals surface area contributed by atoms with E-state index in [1.54, 1.807) is 0 Å². The molecule has 0 aromatic rings. The number of aliphatic hydroxyl groups is 5. The fourth-order valence-electron chi connectivity index (χ4n) is 8.85. The molecule has 0 radical (unpaired) electrons. The molecule has 0 aromatic heterocycles. The highest BCUT2D eigenvalue weighted by atomic mass is 16.3. The maximum Gasteiger partial charge on any atom is 0.115 e. The largest absolute Gasteiger partial charge is 0.386 e. The predicted octanol–water partition coefficient (Wildman–Crippen LogP) is 0.349. The Balaban J connectivity index is 6.34. The second-order valence-electron chi connectivity index (χ2n) is 20.9. The summed E-state index contributed by atoms with van der Waals surface area (Å²) in [5.74, 6) is 0. The number of likely N-dealkylation sites (N-methyl/N-ethyl adjacent to an activating group) is 5. The molecule has 0 heterocycles. The molecule has 0 saturated carbocycles. The Labute approximate surface area is 341 Å². The van der Waals surface area contributed by atoms with Crippen LogP contribution in [0.25, 0.3) is 0 Å². The third-order valence-electron chi connectivity index (χ3n) is 10.7. The van der Waals surface area contributed by atoms with Crippen molar-refractivity contribution in [3.8, 4) is 0 Å². The Hall–Kier alpha value is -0.520. The highest BCUT2D eigenvalue weighted by molar-refractivity contribution is 4.76. The molecule has 0 saturated heterocycles. The Morgan fingerprint density at radius 2 is 0.527 bits per heavy atom. The lowest BCUT2D eigenvalue weighted by molar-refractivity contribution is -0.893. The highest BCUT2D eigenvalue weighted by Gasteiger charge is 2.29. The summed E-state index contributed by atoms with van der Waals surface area (Å²) in [4.78, 5) is 6.75. The molecule has 5 unspecified atom stereocenters. The minimum Gasteiger partial charge on any atom is -0.386 e. The Morgan fingerprint density at radius 3 is 0.745 bits per heavy atom. The number of hydrogen-bond acceptors (Lipinski definition) is 8. The molecule has 332 valence electrons. The summed E-state index contributed by atoms with van der Waals surface area (Å²) in [5, 5.41) is 56.8. The summed E-state index contributed by atoms with van der Waals surface area (Å²) in [6, 6.07) is 0. The van der Waals surface area contributed by atoms with Gasteiger partial charge in [0.2, 0.25) is 0 Å². The van der Waals surface area contributed by atoms with Gasteiger partial charge in [-0.2, -0.15) is 0 Å². The zero-order chi connectivity index (χ0) is 42.7. The van der Waals surface area contributed by atoms with Gasteiger partial charge in [-0.05, 0) is 25.7 Å². The van der Waals surface area contributed by atoms with E-state index in [9.17, 15) is 25.5 Å². The van der Waals surface area contributed by atoms with Crippen LogP contribution in [0.4, 0.5) is 0 Å². The van der Waals surface area contributed by atoms with Crippen molar-refractivity contribution in [3.05, 3.63) is 0 Å². The van der Waals surface area contributed by atoms with Crippen LogP contribution in [-0.2, 0) is 0 Å². The molecule has 5 atom stereocenters. The van der Waals surface area contributed by atoms with Crippen molar-refractivity contribution in [1.82, 2.24) is 14.7 Å². The minimum atomic E-state index is -0.534. The molecule has 5 N–H and O–H groups in total. The zero-order valence-corrected chi connectivity index (χ0v) is 39.3. The molecule has 0 bridgehead atoms. The quantitative estimate of drug-likeness (QED) is 0.0595. The van der Waals surface area contributed by atoms with Gasteiger partial charge in [-0.3, -0.25) is 14.7 Å². The number of aliphatic hydroxyl groups excluding tert-OH is 5. The lowest BCUT2D eigenvalue weighted by atomic mass is 10.2. The number of rotatable bonds is 34. The van der Waals surface area contributed by atoms with Crippen LogP contribution in [0.5, 0.6) is 0 Å². The Kier molecular flexibility index (Phi) is 25.6. The molecule has 0 aliphatic carbocycles. The molecule has 0 aliphatic rings. The number of nitrogens with zero attached hydrogens (tertiary/aromatic N) is 8. The number of hydrogen-bond donors (Lipinski definition) is 5. The van der Waals surface area contributed by atoms with Gasteiger partial charge in [-0.25, -0.2) is 0 Å². The van der Waals surface area contributed by atoms with E-state index in [-0.39, 0.29) is 0 Å². The molecule has 0 aromatic carbocycles. The fourth-order valence-corrected chi connectivity index (χ4v) is 8.85. The van der Waals surface area contributed by atoms with Crippen LogP contribution in [-0.4, -0.2) is 288 Å². The summed E-state index contributed by atoms with van der Waals surface area (Å²) in [6.07, 6.45) is 1.53. The smallest absolute Gasteiger partial charge is 0.115 e. The first-order valence-electron chi connectivity index (χ1n) is 21.8. The van der Waals surface area contributed by atoms with Gasteiger partial charge >= 0.3 is 0 Å². The molecule has 13 heteroatoms. The average Bonchev–Trinajstić information content (AvgIpc) is 2.95. The van der Waals surface area contributed by atoms with Gasteiger partial charge < -0.3 is 47.9 Å². The molecule has 13 nitrogen and oxygen atoms in total. The standard InChI is InChI=1S/C42H99N8O5/c1-16-24-47(8,9)34-39(52)29-44(30-40(53)35-48(10,11)25-17-2)22-20-43(28-38(51)33-46(5,6)7)21-23-45(31-41(54)36-49(12,13)26-18-3)32-42(55)37-50(14,15)27-19-4/h38-42,51-55H,16-37H2,1-15H3/q+5. The summed E-state index contributed by atoms with van der Waals surface area (Å²) >= 11 is 0. The van der Waals surface area contributed by atoms with E-state index in [0.717, 1.165) is 69.8 Å². The van der Waals surface area contributed by atoms with Crippen LogP contribution in [0.15, 0.2) is 0 Å².